The van der Waals surface area contributed by atoms with Gasteiger partial charge in [-0.3, -0.25) is 14.4 Å². The number of likely N-dealkylation sites (tertiary alicyclic amines) is 1. The Morgan fingerprint density at radius 1 is 1.00 bits per heavy atom. The Hall–Kier alpha value is -5.48. The van der Waals surface area contributed by atoms with Crippen LogP contribution < -0.4 is 16.0 Å². The van der Waals surface area contributed by atoms with Crippen LogP contribution in [-0.4, -0.2) is 82.5 Å². The van der Waals surface area contributed by atoms with Crippen molar-refractivity contribution < 1.29 is 18.8 Å². The largest absolute Gasteiger partial charge is 0.355 e. The molecule has 1 saturated heterocycles. The average molecular weight is 664 g/mol. The first-order valence-electron chi connectivity index (χ1n) is 16.4. The highest BCUT2D eigenvalue weighted by atomic mass is 19.1. The summed E-state index contributed by atoms with van der Waals surface area (Å²) in [5, 5.41) is 34.2. The molecule has 49 heavy (non-hydrogen) atoms. The van der Waals surface area contributed by atoms with Gasteiger partial charge in [0.1, 0.15) is 11.9 Å². The third-order valence-corrected chi connectivity index (χ3v) is 9.71. The molecule has 1 unspecified atom stereocenters. The Morgan fingerprint density at radius 2 is 1.63 bits per heavy atom. The Bertz CT molecular complexity index is 1820. The number of nitriles is 1. The Morgan fingerprint density at radius 3 is 2.18 bits per heavy atom. The Labute approximate surface area is 283 Å². The number of tetrazole rings is 1. The summed E-state index contributed by atoms with van der Waals surface area (Å²) in [6, 6.07) is 18.8. The minimum Gasteiger partial charge on any atom is -0.355 e. The molecule has 6 rings (SSSR count). The maximum Gasteiger partial charge on any atom is 0.251 e. The summed E-state index contributed by atoms with van der Waals surface area (Å²) >= 11 is 0. The van der Waals surface area contributed by atoms with Crippen molar-refractivity contribution in [3.05, 3.63) is 111 Å². The van der Waals surface area contributed by atoms with E-state index in [-0.39, 0.29) is 30.1 Å². The fourth-order valence-corrected chi connectivity index (χ4v) is 7.34. The summed E-state index contributed by atoms with van der Waals surface area (Å²) in [5.74, 6) is -0.576. The van der Waals surface area contributed by atoms with Crippen molar-refractivity contribution in [2.24, 2.45) is 0 Å². The summed E-state index contributed by atoms with van der Waals surface area (Å²) < 4.78 is 14.0. The van der Waals surface area contributed by atoms with Crippen molar-refractivity contribution in [1.29, 1.82) is 5.26 Å². The molecule has 1 aromatic heterocycles. The fraction of sp³-hybridized carbons (Fsp3) is 0.361. The van der Waals surface area contributed by atoms with Gasteiger partial charge in [0.05, 0.1) is 18.0 Å². The van der Waals surface area contributed by atoms with Gasteiger partial charge in [-0.1, -0.05) is 29.5 Å². The first-order valence-corrected chi connectivity index (χ1v) is 16.4. The highest BCUT2D eigenvalue weighted by Gasteiger charge is 2.46. The van der Waals surface area contributed by atoms with Crippen molar-refractivity contribution in [1.82, 2.24) is 41.5 Å². The molecule has 2 atom stereocenters. The van der Waals surface area contributed by atoms with E-state index in [2.05, 4.69) is 42.6 Å². The number of aromatic nitrogens is 4. The molecule has 0 saturated carbocycles. The number of halogens is 1. The molecule has 4 N–H and O–H groups in total. The van der Waals surface area contributed by atoms with Gasteiger partial charge in [0.25, 0.3) is 11.8 Å². The molecule has 3 aromatic carbocycles. The van der Waals surface area contributed by atoms with Crippen LogP contribution in [0.3, 0.4) is 0 Å². The summed E-state index contributed by atoms with van der Waals surface area (Å²) in [7, 11) is 3.17. The highest BCUT2D eigenvalue weighted by Crippen LogP contribution is 2.47. The first kappa shape index (κ1) is 33.4. The van der Waals surface area contributed by atoms with Crippen LogP contribution in [0.4, 0.5) is 4.39 Å². The molecule has 0 bridgehead atoms. The maximum atomic E-state index is 14.0. The smallest absolute Gasteiger partial charge is 0.251 e. The van der Waals surface area contributed by atoms with E-state index in [0.29, 0.717) is 55.6 Å². The summed E-state index contributed by atoms with van der Waals surface area (Å²) in [5.41, 5.74) is 4.37. The topological polar surface area (TPSA) is 169 Å². The second kappa shape index (κ2) is 14.3. The number of benzene rings is 3. The molecule has 1 aliphatic heterocycles. The summed E-state index contributed by atoms with van der Waals surface area (Å²) in [6.45, 7) is 0.507. The van der Waals surface area contributed by atoms with Crippen molar-refractivity contribution in [3.8, 4) is 6.07 Å². The van der Waals surface area contributed by atoms with Crippen LogP contribution in [0.15, 0.2) is 60.7 Å². The van der Waals surface area contributed by atoms with Crippen molar-refractivity contribution in [2.45, 2.75) is 56.0 Å². The van der Waals surface area contributed by atoms with Crippen LogP contribution in [0.25, 0.3) is 0 Å². The monoisotopic (exact) mass is 663 g/mol. The zero-order chi connectivity index (χ0) is 34.5. The van der Waals surface area contributed by atoms with Crippen LogP contribution in [0, 0.1) is 17.1 Å². The first-order chi connectivity index (χ1) is 23.8. The molecule has 4 aromatic rings. The fourth-order valence-electron chi connectivity index (χ4n) is 7.34. The molecule has 1 aliphatic carbocycles. The number of nitrogens with zero attached hydrogens (tertiary/aromatic N) is 5. The van der Waals surface area contributed by atoms with Crippen LogP contribution in [0.2, 0.25) is 0 Å². The van der Waals surface area contributed by atoms with Crippen LogP contribution in [0.1, 0.15) is 73.6 Å². The lowest BCUT2D eigenvalue weighted by atomic mass is 9.67. The number of rotatable bonds is 10. The SMILES string of the molecule is CNC(=O)c1ccc2c(c1)CCc1cc(C(=O)NC)ccc1C2(C[C@@H](Cc1ccc(F)cc1)NCC(=O)N1CCCC1C#N)c1nn[nH]n1. The molecule has 3 amide bonds. The third kappa shape index (κ3) is 6.64. The zero-order valence-corrected chi connectivity index (χ0v) is 27.4. The maximum absolute atomic E-state index is 14.0. The molecular formula is C36H38FN9O3. The van der Waals surface area contributed by atoms with Gasteiger partial charge < -0.3 is 20.9 Å². The number of amides is 3. The highest BCUT2D eigenvalue weighted by molar-refractivity contribution is 5.95. The zero-order valence-electron chi connectivity index (χ0n) is 27.4. The van der Waals surface area contributed by atoms with Gasteiger partial charge in [-0.15, -0.1) is 10.2 Å². The predicted molar refractivity (Wildman–Crippen MR) is 178 cm³/mol. The molecule has 2 heterocycles. The lowest BCUT2D eigenvalue weighted by molar-refractivity contribution is -0.130. The number of hydrogen-bond donors (Lipinski definition) is 4. The molecule has 1 fully saturated rings. The predicted octanol–water partition coefficient (Wildman–Crippen LogP) is 2.60. The number of aryl methyl sites for hydroxylation is 2. The second-order valence-corrected chi connectivity index (χ2v) is 12.5. The van der Waals surface area contributed by atoms with E-state index in [4.69, 9.17) is 0 Å². The minimum atomic E-state index is -1.06. The molecule has 13 heteroatoms. The number of nitrogens with one attached hydrogen (secondary N) is 4. The molecule has 0 spiro atoms. The number of carbonyl (C=O) groups excluding carboxylic acids is 3. The van der Waals surface area contributed by atoms with E-state index < -0.39 is 17.5 Å². The lowest BCUT2D eigenvalue weighted by Gasteiger charge is -2.37. The van der Waals surface area contributed by atoms with Gasteiger partial charge in [-0.2, -0.15) is 10.5 Å². The van der Waals surface area contributed by atoms with Gasteiger partial charge in [0, 0.05) is 37.8 Å². The van der Waals surface area contributed by atoms with Gasteiger partial charge in [-0.05, 0) is 103 Å². The molecule has 0 radical (unpaired) electrons. The van der Waals surface area contributed by atoms with E-state index in [0.717, 1.165) is 34.2 Å². The van der Waals surface area contributed by atoms with E-state index >= 15 is 0 Å². The quantitative estimate of drug-likeness (QED) is 0.201. The number of H-pyrrole nitrogens is 1. The van der Waals surface area contributed by atoms with Gasteiger partial charge in [-0.25, -0.2) is 4.39 Å². The van der Waals surface area contributed by atoms with Crippen LogP contribution >= 0.6 is 0 Å². The van der Waals surface area contributed by atoms with Crippen LogP contribution in [-0.2, 0) is 29.5 Å². The number of hydrogen-bond acceptors (Lipinski definition) is 8. The standard InChI is InChI=1S/C36H38FN9O3/c1-39-33(48)25-9-13-30-23(17-25)7-8-24-18-26(34(49)40-2)10-14-31(24)36(30,35-42-44-45-43-35)19-28(16-22-5-11-27(37)12-6-22)41-21-32(47)46-15-3-4-29(46)20-38/h5-6,9-14,17-18,28-29,41H,3-4,7-8,15-16,19,21H2,1-2H3,(H,39,48)(H,40,49)(H,42,43,44,45)/t28-,29?/m1/s1. The molecule has 2 aliphatic rings. The molecule has 252 valence electrons. The van der Waals surface area contributed by atoms with Crippen molar-refractivity contribution in [3.63, 3.8) is 0 Å². The summed E-state index contributed by atoms with van der Waals surface area (Å²) in [4.78, 5) is 40.6. The summed E-state index contributed by atoms with van der Waals surface area (Å²) in [6.07, 6.45) is 3.31. The molecular weight excluding hydrogens is 625 g/mol. The molecule has 12 nitrogen and oxygen atoms in total. The van der Waals surface area contributed by atoms with E-state index in [1.165, 1.54) is 12.1 Å². The van der Waals surface area contributed by atoms with Crippen molar-refractivity contribution in [2.75, 3.05) is 27.2 Å². The normalized spacial score (nSPS) is 16.9. The average Bonchev–Trinajstić information content (AvgIpc) is 3.83. The third-order valence-electron chi connectivity index (χ3n) is 9.71. The number of aromatic amines is 1. The van der Waals surface area contributed by atoms with E-state index in [9.17, 15) is 24.0 Å². The number of carbonyl (C=O) groups is 3. The lowest BCUT2D eigenvalue weighted by Crippen LogP contribution is -2.47. The van der Waals surface area contributed by atoms with Crippen molar-refractivity contribution >= 4 is 17.7 Å². The van der Waals surface area contributed by atoms with E-state index in [1.807, 2.05) is 24.3 Å². The minimum absolute atomic E-state index is 0.0166. The van der Waals surface area contributed by atoms with Gasteiger partial charge in [0.2, 0.25) is 5.91 Å². The Balaban J connectivity index is 1.50. The Kier molecular flexibility index (Phi) is 9.77. The van der Waals surface area contributed by atoms with Gasteiger partial charge in [0.15, 0.2) is 5.82 Å². The van der Waals surface area contributed by atoms with E-state index in [1.54, 1.807) is 43.3 Å². The van der Waals surface area contributed by atoms with Gasteiger partial charge >= 0.3 is 0 Å². The second-order valence-electron chi connectivity index (χ2n) is 12.5. The number of fused-ring (bicyclic) bond motifs is 2. The van der Waals surface area contributed by atoms with Crippen LogP contribution in [0.5, 0.6) is 0 Å².